The van der Waals surface area contributed by atoms with Crippen LogP contribution in [-0.2, 0) is 6.42 Å². The van der Waals surface area contributed by atoms with Gasteiger partial charge in [0.15, 0.2) is 5.78 Å². The number of allylic oxidation sites excluding steroid dienone is 1. The molecule has 0 unspecified atom stereocenters. The number of ketones is 1. The Morgan fingerprint density at radius 3 is 2.83 bits per heavy atom. The number of Topliss-reactive ketones (excluding diaryl/α,β-unsaturated/α-hetero) is 1. The average Bonchev–Trinajstić information content (AvgIpc) is 3.42. The maximum Gasteiger partial charge on any atom is 0.203 e. The zero-order chi connectivity index (χ0) is 20.1. The molecule has 3 N–H and O–H groups in total. The fraction of sp³-hybridized carbons (Fsp3) is 0.136. The van der Waals surface area contributed by atoms with Crippen molar-refractivity contribution in [2.24, 2.45) is 0 Å². The van der Waals surface area contributed by atoms with E-state index in [2.05, 4.69) is 15.1 Å². The fourth-order valence-corrected chi connectivity index (χ4v) is 3.67. The Morgan fingerprint density at radius 2 is 2.03 bits per heavy atom. The van der Waals surface area contributed by atoms with Gasteiger partial charge in [-0.25, -0.2) is 9.67 Å². The lowest BCUT2D eigenvalue weighted by Crippen LogP contribution is -2.09. The maximum atomic E-state index is 13.0. The number of rotatable bonds is 4. The van der Waals surface area contributed by atoms with E-state index in [1.54, 1.807) is 10.9 Å². The van der Waals surface area contributed by atoms with Crippen molar-refractivity contribution in [1.29, 1.82) is 0 Å². The molecule has 1 aliphatic carbocycles. The molecule has 5 rings (SSSR count). The molecule has 1 aliphatic rings. The van der Waals surface area contributed by atoms with Gasteiger partial charge in [-0.05, 0) is 35.4 Å². The number of imidazole rings is 1. The second-order valence-electron chi connectivity index (χ2n) is 7.39. The summed E-state index contributed by atoms with van der Waals surface area (Å²) in [5.41, 5.74) is 12.2. The van der Waals surface area contributed by atoms with Gasteiger partial charge in [-0.15, -0.1) is 0 Å². The molecular formula is C22H20N6O. The largest absolute Gasteiger partial charge is 0.383 e. The van der Waals surface area contributed by atoms with Gasteiger partial charge >= 0.3 is 0 Å². The first-order chi connectivity index (χ1) is 14.0. The van der Waals surface area contributed by atoms with E-state index < -0.39 is 0 Å². The van der Waals surface area contributed by atoms with Gasteiger partial charge in [0.2, 0.25) is 5.95 Å². The highest BCUT2D eigenvalue weighted by Gasteiger charge is 2.23. The van der Waals surface area contributed by atoms with Gasteiger partial charge in [0.05, 0.1) is 28.5 Å². The van der Waals surface area contributed by atoms with Gasteiger partial charge < -0.3 is 15.6 Å². The fourth-order valence-electron chi connectivity index (χ4n) is 3.67. The number of hydrogen-bond donors (Lipinski definition) is 2. The molecule has 4 aromatic rings. The second kappa shape index (κ2) is 6.34. The maximum absolute atomic E-state index is 13.0. The third-order valence-electron chi connectivity index (χ3n) is 5.23. The number of fused-ring (bicyclic) bond motifs is 2. The average molecular weight is 384 g/mol. The van der Waals surface area contributed by atoms with Crippen LogP contribution in [0.4, 0.5) is 11.8 Å². The van der Waals surface area contributed by atoms with E-state index in [0.717, 1.165) is 39.4 Å². The van der Waals surface area contributed by atoms with E-state index >= 15 is 0 Å². The summed E-state index contributed by atoms with van der Waals surface area (Å²) in [6, 6.07) is 13.8. The second-order valence-corrected chi connectivity index (χ2v) is 7.39. The summed E-state index contributed by atoms with van der Waals surface area (Å²) in [6.45, 7) is 0. The van der Waals surface area contributed by atoms with Crippen LogP contribution in [0.25, 0.3) is 22.8 Å². The summed E-state index contributed by atoms with van der Waals surface area (Å²) >= 11 is 0. The molecule has 0 fully saturated rings. The lowest BCUT2D eigenvalue weighted by molar-refractivity contribution is 0.103. The van der Waals surface area contributed by atoms with Crippen LogP contribution in [-0.4, -0.2) is 39.6 Å². The molecule has 2 heterocycles. The molecular weight excluding hydrogens is 364 g/mol. The monoisotopic (exact) mass is 384 g/mol. The number of nitrogen functional groups attached to an aromatic ring is 1. The number of hydrogen-bond acceptors (Lipinski definition) is 5. The molecule has 144 valence electrons. The third-order valence-corrected chi connectivity index (χ3v) is 5.23. The molecule has 0 amide bonds. The van der Waals surface area contributed by atoms with Gasteiger partial charge in [0.1, 0.15) is 5.82 Å². The first-order valence-electron chi connectivity index (χ1n) is 9.35. The van der Waals surface area contributed by atoms with E-state index in [9.17, 15) is 4.79 Å². The van der Waals surface area contributed by atoms with Crippen molar-refractivity contribution in [3.05, 3.63) is 70.9 Å². The Balaban J connectivity index is 1.48. The van der Waals surface area contributed by atoms with Crippen LogP contribution in [0.3, 0.4) is 0 Å². The first kappa shape index (κ1) is 17.2. The van der Waals surface area contributed by atoms with Crippen molar-refractivity contribution >= 4 is 34.7 Å². The molecule has 7 nitrogen and oxygen atoms in total. The van der Waals surface area contributed by atoms with Crippen LogP contribution >= 0.6 is 0 Å². The minimum Gasteiger partial charge on any atom is -0.383 e. The van der Waals surface area contributed by atoms with Gasteiger partial charge in [0, 0.05) is 26.1 Å². The smallest absolute Gasteiger partial charge is 0.203 e. The van der Waals surface area contributed by atoms with E-state index in [1.165, 1.54) is 0 Å². The van der Waals surface area contributed by atoms with Crippen LogP contribution in [0.1, 0.15) is 21.5 Å². The number of carbonyl (C=O) groups is 1. The zero-order valence-electron chi connectivity index (χ0n) is 16.2. The van der Waals surface area contributed by atoms with Gasteiger partial charge in [-0.2, -0.15) is 5.10 Å². The predicted molar refractivity (Wildman–Crippen MR) is 114 cm³/mol. The Morgan fingerprint density at radius 1 is 1.21 bits per heavy atom. The number of anilines is 2. The number of nitrogens with one attached hydrogen (secondary N) is 1. The normalized spacial score (nSPS) is 12.8. The van der Waals surface area contributed by atoms with Crippen molar-refractivity contribution in [1.82, 2.24) is 19.7 Å². The quantitative estimate of drug-likeness (QED) is 0.527. The minimum absolute atomic E-state index is 0.0811. The SMILES string of the molecule is CN(C)c1nc2ccc(-n3ncc(C(=O)C4=Cc5ccccc5C4)c3N)cc2[nH]1. The topological polar surface area (TPSA) is 92.8 Å². The van der Waals surface area contributed by atoms with Gasteiger partial charge in [-0.1, -0.05) is 24.3 Å². The van der Waals surface area contributed by atoms with E-state index in [0.29, 0.717) is 17.8 Å². The molecule has 0 spiro atoms. The summed E-state index contributed by atoms with van der Waals surface area (Å²) in [4.78, 5) is 22.7. The molecule has 0 radical (unpaired) electrons. The molecule has 0 aliphatic heterocycles. The van der Waals surface area contributed by atoms with Gasteiger partial charge in [0.25, 0.3) is 0 Å². The molecule has 2 aromatic heterocycles. The van der Waals surface area contributed by atoms with Crippen LogP contribution in [0.15, 0.2) is 54.2 Å². The lowest BCUT2D eigenvalue weighted by atomic mass is 10.0. The Labute approximate surface area is 167 Å². The first-order valence-corrected chi connectivity index (χ1v) is 9.35. The third kappa shape index (κ3) is 2.79. The Hall–Kier alpha value is -3.87. The number of benzene rings is 2. The molecule has 7 heteroatoms. The van der Waals surface area contributed by atoms with E-state index in [-0.39, 0.29) is 5.78 Å². The summed E-state index contributed by atoms with van der Waals surface area (Å²) in [5.74, 6) is 1.02. The van der Waals surface area contributed by atoms with Crippen molar-refractivity contribution in [2.45, 2.75) is 6.42 Å². The number of nitrogens with zero attached hydrogens (tertiary/aromatic N) is 4. The van der Waals surface area contributed by atoms with Crippen LogP contribution in [0, 0.1) is 0 Å². The predicted octanol–water partition coefficient (Wildman–Crippen LogP) is 3.22. The van der Waals surface area contributed by atoms with E-state index in [4.69, 9.17) is 5.73 Å². The summed E-state index contributed by atoms with van der Waals surface area (Å²) < 4.78 is 1.59. The summed E-state index contributed by atoms with van der Waals surface area (Å²) in [5, 5.41) is 4.38. The van der Waals surface area contributed by atoms with Crippen LogP contribution < -0.4 is 10.6 Å². The number of H-pyrrole nitrogens is 1. The van der Waals surface area contributed by atoms with Crippen molar-refractivity contribution in [3.63, 3.8) is 0 Å². The standard InChI is InChI=1S/C22H20N6O/c1-27(2)22-25-18-8-7-16(11-19(18)26-22)28-21(23)17(12-24-28)20(29)15-9-13-5-3-4-6-14(13)10-15/h3-9,11-12H,10,23H2,1-2H3,(H,25,26). The molecule has 0 atom stereocenters. The van der Waals surface area contributed by atoms with Crippen LogP contribution in [0.2, 0.25) is 0 Å². The molecule has 0 saturated heterocycles. The summed E-state index contributed by atoms with van der Waals surface area (Å²) in [7, 11) is 3.86. The lowest BCUT2D eigenvalue weighted by Gasteiger charge is -2.06. The number of aromatic nitrogens is 4. The summed E-state index contributed by atoms with van der Waals surface area (Å²) in [6.07, 6.45) is 4.10. The molecule has 0 bridgehead atoms. The molecule has 2 aromatic carbocycles. The van der Waals surface area contributed by atoms with Gasteiger partial charge in [-0.3, -0.25) is 4.79 Å². The number of carbonyl (C=O) groups excluding carboxylic acids is 1. The highest BCUT2D eigenvalue weighted by molar-refractivity contribution is 6.15. The zero-order valence-corrected chi connectivity index (χ0v) is 16.2. The molecule has 29 heavy (non-hydrogen) atoms. The Bertz CT molecular complexity index is 1290. The van der Waals surface area contributed by atoms with Crippen molar-refractivity contribution in [2.75, 3.05) is 24.7 Å². The highest BCUT2D eigenvalue weighted by atomic mass is 16.1. The number of aromatic amines is 1. The highest BCUT2D eigenvalue weighted by Crippen LogP contribution is 2.29. The minimum atomic E-state index is -0.0811. The van der Waals surface area contributed by atoms with E-state index in [1.807, 2.05) is 67.5 Å². The van der Waals surface area contributed by atoms with Crippen LogP contribution in [0.5, 0.6) is 0 Å². The van der Waals surface area contributed by atoms with Crippen molar-refractivity contribution in [3.8, 4) is 5.69 Å². The Kier molecular flexibility index (Phi) is 3.77. The number of nitrogens with two attached hydrogens (primary N) is 1. The molecule has 0 saturated carbocycles. The van der Waals surface area contributed by atoms with Crippen molar-refractivity contribution < 1.29 is 4.79 Å².